The molecular formula is C24H25NO3. The summed E-state index contributed by atoms with van der Waals surface area (Å²) in [4.78, 5) is 26.7. The Labute approximate surface area is 165 Å². The van der Waals surface area contributed by atoms with E-state index in [1.807, 2.05) is 24.3 Å². The van der Waals surface area contributed by atoms with Crippen LogP contribution in [0.4, 0.5) is 5.69 Å². The van der Waals surface area contributed by atoms with Crippen molar-refractivity contribution in [1.29, 1.82) is 0 Å². The van der Waals surface area contributed by atoms with Crippen LogP contribution in [0.5, 0.6) is 11.5 Å². The van der Waals surface area contributed by atoms with Crippen LogP contribution in [0.25, 0.3) is 0 Å². The van der Waals surface area contributed by atoms with Crippen LogP contribution in [0.3, 0.4) is 0 Å². The summed E-state index contributed by atoms with van der Waals surface area (Å²) in [5, 5.41) is 0. The number of fused-ring (bicyclic) bond motifs is 1. The topological polar surface area (TPSA) is 46.6 Å². The molecule has 0 N–H and O–H groups in total. The van der Waals surface area contributed by atoms with Crippen molar-refractivity contribution >= 4 is 17.5 Å². The van der Waals surface area contributed by atoms with E-state index in [0.29, 0.717) is 24.3 Å². The molecule has 1 fully saturated rings. The summed E-state index contributed by atoms with van der Waals surface area (Å²) in [6.45, 7) is 6.53. The maximum absolute atomic E-state index is 12.7. The average Bonchev–Trinajstić information content (AvgIpc) is 2.93. The Kier molecular flexibility index (Phi) is 4.58. The van der Waals surface area contributed by atoms with Crippen molar-refractivity contribution < 1.29 is 14.3 Å². The quantitative estimate of drug-likeness (QED) is 0.545. The van der Waals surface area contributed by atoms with Crippen LogP contribution in [-0.2, 0) is 15.0 Å². The summed E-state index contributed by atoms with van der Waals surface area (Å²) >= 11 is 0. The van der Waals surface area contributed by atoms with Gasteiger partial charge >= 0.3 is 0 Å². The van der Waals surface area contributed by atoms with E-state index >= 15 is 0 Å². The van der Waals surface area contributed by atoms with E-state index in [1.54, 1.807) is 24.3 Å². The molecule has 4 heteroatoms. The lowest BCUT2D eigenvalue weighted by Crippen LogP contribution is -2.30. The number of carbonyl (C=O) groups excluding carboxylic acids is 2. The molecule has 0 bridgehead atoms. The molecule has 2 aliphatic rings. The highest BCUT2D eigenvalue weighted by atomic mass is 16.5. The van der Waals surface area contributed by atoms with Crippen LogP contribution < -0.4 is 9.64 Å². The van der Waals surface area contributed by atoms with E-state index in [1.165, 1.54) is 10.5 Å². The van der Waals surface area contributed by atoms with Crippen molar-refractivity contribution in [2.24, 2.45) is 11.8 Å². The van der Waals surface area contributed by atoms with Crippen molar-refractivity contribution in [2.75, 3.05) is 4.90 Å². The van der Waals surface area contributed by atoms with Crippen molar-refractivity contribution in [2.45, 2.75) is 39.0 Å². The first-order valence-electron chi connectivity index (χ1n) is 9.76. The molecule has 0 radical (unpaired) electrons. The van der Waals surface area contributed by atoms with Crippen molar-refractivity contribution in [3.8, 4) is 11.5 Å². The Morgan fingerprint density at radius 2 is 1.25 bits per heavy atom. The van der Waals surface area contributed by atoms with Crippen LogP contribution in [-0.4, -0.2) is 11.8 Å². The van der Waals surface area contributed by atoms with Crippen LogP contribution >= 0.6 is 0 Å². The predicted molar refractivity (Wildman–Crippen MR) is 110 cm³/mol. The van der Waals surface area contributed by atoms with Gasteiger partial charge in [0.15, 0.2) is 0 Å². The van der Waals surface area contributed by atoms with Gasteiger partial charge in [0.25, 0.3) is 0 Å². The number of rotatable bonds is 3. The Morgan fingerprint density at radius 1 is 0.786 bits per heavy atom. The molecule has 28 heavy (non-hydrogen) atoms. The SMILES string of the molecule is CC(C)(C)c1ccc(Oc2ccc(N3C(=O)[C@@H]4CC=CC[C@H]4C3=O)cc2)cc1. The van der Waals surface area contributed by atoms with E-state index in [4.69, 9.17) is 4.74 Å². The van der Waals surface area contributed by atoms with Gasteiger partial charge in [0.2, 0.25) is 11.8 Å². The van der Waals surface area contributed by atoms with E-state index < -0.39 is 0 Å². The third kappa shape index (κ3) is 3.35. The van der Waals surface area contributed by atoms with Gasteiger partial charge in [-0.15, -0.1) is 0 Å². The first kappa shape index (κ1) is 18.5. The molecule has 2 atom stereocenters. The smallest absolute Gasteiger partial charge is 0.238 e. The highest BCUT2D eigenvalue weighted by molar-refractivity contribution is 6.22. The number of benzene rings is 2. The van der Waals surface area contributed by atoms with Gasteiger partial charge in [-0.2, -0.15) is 0 Å². The normalized spacial score (nSPS) is 21.8. The fourth-order valence-corrected chi connectivity index (χ4v) is 3.88. The lowest BCUT2D eigenvalue weighted by molar-refractivity contribution is -0.122. The number of hydrogen-bond donors (Lipinski definition) is 0. The van der Waals surface area contributed by atoms with Crippen LogP contribution in [0.2, 0.25) is 0 Å². The van der Waals surface area contributed by atoms with Gasteiger partial charge in [-0.05, 0) is 60.2 Å². The molecule has 2 aromatic rings. The zero-order valence-corrected chi connectivity index (χ0v) is 16.5. The highest BCUT2D eigenvalue weighted by Gasteiger charge is 2.47. The number of hydrogen-bond acceptors (Lipinski definition) is 3. The van der Waals surface area contributed by atoms with Crippen molar-refractivity contribution in [3.63, 3.8) is 0 Å². The predicted octanol–water partition coefficient (Wildman–Crippen LogP) is 5.23. The zero-order valence-electron chi connectivity index (χ0n) is 16.5. The molecule has 2 aromatic carbocycles. The van der Waals surface area contributed by atoms with Gasteiger partial charge in [0.05, 0.1) is 17.5 Å². The summed E-state index contributed by atoms with van der Waals surface area (Å²) in [5.74, 6) is 0.817. The Bertz CT molecular complexity index is 894. The molecule has 1 aliphatic carbocycles. The molecular weight excluding hydrogens is 350 g/mol. The highest BCUT2D eigenvalue weighted by Crippen LogP contribution is 2.38. The van der Waals surface area contributed by atoms with Crippen LogP contribution in [0.15, 0.2) is 60.7 Å². The van der Waals surface area contributed by atoms with E-state index in [-0.39, 0.29) is 29.1 Å². The second kappa shape index (κ2) is 6.93. The Balaban J connectivity index is 1.49. The van der Waals surface area contributed by atoms with Crippen LogP contribution in [0.1, 0.15) is 39.2 Å². The number of anilines is 1. The molecule has 0 aromatic heterocycles. The number of ether oxygens (including phenoxy) is 1. The molecule has 0 saturated carbocycles. The second-order valence-electron chi connectivity index (χ2n) is 8.54. The summed E-state index contributed by atoms with van der Waals surface area (Å²) in [7, 11) is 0. The summed E-state index contributed by atoms with van der Waals surface area (Å²) < 4.78 is 5.91. The van der Waals surface area contributed by atoms with Gasteiger partial charge in [-0.3, -0.25) is 14.5 Å². The lowest BCUT2D eigenvalue weighted by Gasteiger charge is -2.19. The number of nitrogens with zero attached hydrogens (tertiary/aromatic N) is 1. The Morgan fingerprint density at radius 3 is 1.71 bits per heavy atom. The second-order valence-corrected chi connectivity index (χ2v) is 8.54. The minimum absolute atomic E-state index is 0.0919. The minimum Gasteiger partial charge on any atom is -0.457 e. The third-order valence-electron chi connectivity index (χ3n) is 5.56. The van der Waals surface area contributed by atoms with Crippen molar-refractivity contribution in [3.05, 3.63) is 66.2 Å². The van der Waals surface area contributed by atoms with E-state index in [9.17, 15) is 9.59 Å². The molecule has 144 valence electrons. The summed E-state index contributed by atoms with van der Waals surface area (Å²) in [6.07, 6.45) is 5.30. The first-order chi connectivity index (χ1) is 13.3. The number of allylic oxidation sites excluding steroid dienone is 2. The third-order valence-corrected chi connectivity index (χ3v) is 5.56. The molecule has 2 amide bonds. The van der Waals surface area contributed by atoms with E-state index in [0.717, 1.165) is 5.75 Å². The molecule has 1 saturated heterocycles. The van der Waals surface area contributed by atoms with Gasteiger partial charge in [0, 0.05) is 0 Å². The minimum atomic E-state index is -0.213. The average molecular weight is 375 g/mol. The molecule has 4 nitrogen and oxygen atoms in total. The van der Waals surface area contributed by atoms with E-state index in [2.05, 4.69) is 32.9 Å². The van der Waals surface area contributed by atoms with Gasteiger partial charge in [-0.25, -0.2) is 0 Å². The fraction of sp³-hybridized carbons (Fsp3) is 0.333. The lowest BCUT2D eigenvalue weighted by atomic mass is 9.85. The zero-order chi connectivity index (χ0) is 19.9. The maximum Gasteiger partial charge on any atom is 0.238 e. The fourth-order valence-electron chi connectivity index (χ4n) is 3.88. The molecule has 0 unspecified atom stereocenters. The van der Waals surface area contributed by atoms with Crippen LogP contribution in [0, 0.1) is 11.8 Å². The van der Waals surface area contributed by atoms with Crippen molar-refractivity contribution in [1.82, 2.24) is 0 Å². The number of amides is 2. The molecule has 0 spiro atoms. The molecule has 4 rings (SSSR count). The Hall–Kier alpha value is -2.88. The standard InChI is InChI=1S/C24H25NO3/c1-24(2,3)16-8-12-18(13-9-16)28-19-14-10-17(11-15-19)25-22(26)20-6-4-5-7-21(20)23(25)27/h4-5,8-15,20-21H,6-7H2,1-3H3/t20-,21-/m1/s1. The van der Waals surface area contributed by atoms with Gasteiger partial charge in [0.1, 0.15) is 11.5 Å². The largest absolute Gasteiger partial charge is 0.457 e. The van der Waals surface area contributed by atoms with Gasteiger partial charge < -0.3 is 4.74 Å². The molecule has 1 heterocycles. The first-order valence-corrected chi connectivity index (χ1v) is 9.76. The number of imide groups is 1. The maximum atomic E-state index is 12.7. The molecule has 1 aliphatic heterocycles. The summed E-state index contributed by atoms with van der Waals surface area (Å²) in [6, 6.07) is 15.2. The summed E-state index contributed by atoms with van der Waals surface area (Å²) in [5.41, 5.74) is 1.96. The van der Waals surface area contributed by atoms with Gasteiger partial charge in [-0.1, -0.05) is 45.1 Å². The number of carbonyl (C=O) groups is 2. The monoisotopic (exact) mass is 375 g/mol.